The number of carbonyl (C=O) groups is 1. The molecule has 4 aliphatic rings. The molecular formula is C20H24BrN3O2S. The first-order chi connectivity index (χ1) is 13.0. The summed E-state index contributed by atoms with van der Waals surface area (Å²) < 4.78 is 7.41. The van der Waals surface area contributed by atoms with Crippen molar-refractivity contribution in [2.45, 2.75) is 56.2 Å². The van der Waals surface area contributed by atoms with E-state index < -0.39 is 0 Å². The molecule has 1 aromatic carbocycles. The molecule has 2 saturated carbocycles. The first-order valence-corrected chi connectivity index (χ1v) is 11.6. The topological polar surface area (TPSA) is 76.7 Å². The van der Waals surface area contributed by atoms with Crippen LogP contribution < -0.4 is 15.8 Å². The van der Waals surface area contributed by atoms with Gasteiger partial charge in [0.1, 0.15) is 17.4 Å². The zero-order chi connectivity index (χ0) is 18.6. The van der Waals surface area contributed by atoms with Crippen LogP contribution in [0.1, 0.15) is 44.1 Å². The molecule has 0 bridgehead atoms. The minimum Gasteiger partial charge on any atom is -0.490 e. The van der Waals surface area contributed by atoms with E-state index in [1.165, 1.54) is 12.8 Å². The van der Waals surface area contributed by atoms with Crippen molar-refractivity contribution in [1.29, 1.82) is 0 Å². The van der Waals surface area contributed by atoms with Gasteiger partial charge < -0.3 is 15.8 Å². The third kappa shape index (κ3) is 3.27. The third-order valence-electron chi connectivity index (χ3n) is 6.37. The van der Waals surface area contributed by atoms with Crippen molar-refractivity contribution in [3.8, 4) is 5.75 Å². The summed E-state index contributed by atoms with van der Waals surface area (Å²) in [6, 6.07) is 6.39. The van der Waals surface area contributed by atoms with Crippen LogP contribution in [-0.2, 0) is 10.3 Å². The van der Waals surface area contributed by atoms with Crippen molar-refractivity contribution in [2.75, 3.05) is 5.75 Å². The van der Waals surface area contributed by atoms with Gasteiger partial charge in [-0.25, -0.2) is 4.99 Å². The fourth-order valence-electron chi connectivity index (χ4n) is 4.87. The molecule has 0 radical (unpaired) electrons. The van der Waals surface area contributed by atoms with E-state index in [2.05, 4.69) is 27.3 Å². The van der Waals surface area contributed by atoms with Crippen molar-refractivity contribution in [1.82, 2.24) is 5.32 Å². The summed E-state index contributed by atoms with van der Waals surface area (Å²) in [5.74, 6) is 2.82. The molecule has 0 aromatic heterocycles. The number of amidine groups is 1. The van der Waals surface area contributed by atoms with Gasteiger partial charge in [0.15, 0.2) is 5.17 Å². The Morgan fingerprint density at radius 2 is 2.22 bits per heavy atom. The van der Waals surface area contributed by atoms with Crippen LogP contribution in [0.3, 0.4) is 0 Å². The second kappa shape index (κ2) is 6.69. The van der Waals surface area contributed by atoms with E-state index in [0.717, 1.165) is 40.8 Å². The third-order valence-corrected chi connectivity index (χ3v) is 7.84. The lowest BCUT2D eigenvalue weighted by molar-refractivity contribution is -0.123. The molecule has 2 aliphatic carbocycles. The van der Waals surface area contributed by atoms with Crippen LogP contribution in [0.5, 0.6) is 5.75 Å². The standard InChI is InChI=1S/C20H24BrN3O2S/c21-12-3-5-16-14(8-12)20(10-27-19(22)24-20)15-9-13(4-6-17(15)26-16)23-18(25)7-11-1-2-11/h3,5,8,11,13,15,17H,1-2,4,6-7,9-10H2,(H2,22,24)(H,23,25). The zero-order valence-corrected chi connectivity index (χ0v) is 17.5. The number of nitrogens with two attached hydrogens (primary N) is 1. The summed E-state index contributed by atoms with van der Waals surface area (Å²) in [4.78, 5) is 17.3. The van der Waals surface area contributed by atoms with Crippen molar-refractivity contribution in [3.05, 3.63) is 28.2 Å². The quantitative estimate of drug-likeness (QED) is 0.739. The fourth-order valence-corrected chi connectivity index (χ4v) is 6.26. The lowest BCUT2D eigenvalue weighted by Gasteiger charge is -2.48. The summed E-state index contributed by atoms with van der Waals surface area (Å²) in [7, 11) is 0. The molecule has 5 rings (SSSR count). The first kappa shape index (κ1) is 17.9. The van der Waals surface area contributed by atoms with Crippen LogP contribution >= 0.6 is 27.7 Å². The molecule has 1 spiro atoms. The van der Waals surface area contributed by atoms with E-state index in [1.807, 2.05) is 12.1 Å². The maximum absolute atomic E-state index is 12.3. The van der Waals surface area contributed by atoms with E-state index in [-0.39, 0.29) is 29.5 Å². The van der Waals surface area contributed by atoms with Gasteiger partial charge in [-0.3, -0.25) is 4.79 Å². The number of nitrogens with one attached hydrogen (secondary N) is 1. The van der Waals surface area contributed by atoms with Crippen LogP contribution in [0.25, 0.3) is 0 Å². The molecular weight excluding hydrogens is 426 g/mol. The Balaban J connectivity index is 1.44. The molecule has 1 amide bonds. The molecule has 7 heteroatoms. The highest BCUT2D eigenvalue weighted by atomic mass is 79.9. The predicted octanol–water partition coefficient (Wildman–Crippen LogP) is 3.55. The maximum Gasteiger partial charge on any atom is 0.220 e. The average molecular weight is 450 g/mol. The normalized spacial score (nSPS) is 34.4. The highest BCUT2D eigenvalue weighted by Gasteiger charge is 2.54. The number of benzene rings is 1. The molecule has 4 unspecified atom stereocenters. The van der Waals surface area contributed by atoms with Gasteiger partial charge in [-0.15, -0.1) is 0 Å². The minimum atomic E-state index is -0.351. The second-order valence-corrected chi connectivity index (χ2v) is 10.2. The molecule has 1 aromatic rings. The molecule has 2 aliphatic heterocycles. The summed E-state index contributed by atoms with van der Waals surface area (Å²) >= 11 is 5.23. The summed E-state index contributed by atoms with van der Waals surface area (Å²) in [6.07, 6.45) is 6.02. The van der Waals surface area contributed by atoms with Crippen LogP contribution in [0.2, 0.25) is 0 Å². The number of halogens is 1. The number of aliphatic imine (C=N–C) groups is 1. The van der Waals surface area contributed by atoms with E-state index in [4.69, 9.17) is 15.5 Å². The summed E-state index contributed by atoms with van der Waals surface area (Å²) in [5.41, 5.74) is 6.90. The minimum absolute atomic E-state index is 0.130. The summed E-state index contributed by atoms with van der Waals surface area (Å²) in [5, 5.41) is 3.94. The Morgan fingerprint density at radius 3 is 2.96 bits per heavy atom. The van der Waals surface area contributed by atoms with Crippen molar-refractivity contribution in [3.63, 3.8) is 0 Å². The van der Waals surface area contributed by atoms with E-state index in [1.54, 1.807) is 11.8 Å². The van der Waals surface area contributed by atoms with Gasteiger partial charge in [0.2, 0.25) is 5.91 Å². The molecule has 0 saturated heterocycles. The van der Waals surface area contributed by atoms with Gasteiger partial charge in [0, 0.05) is 34.2 Å². The van der Waals surface area contributed by atoms with Gasteiger partial charge in [-0.1, -0.05) is 27.7 Å². The summed E-state index contributed by atoms with van der Waals surface area (Å²) in [6.45, 7) is 0. The average Bonchev–Trinajstić information content (AvgIpc) is 3.36. The van der Waals surface area contributed by atoms with Gasteiger partial charge in [-0.05, 0) is 56.2 Å². The number of hydrogen-bond acceptors (Lipinski definition) is 5. The van der Waals surface area contributed by atoms with Crippen molar-refractivity contribution in [2.24, 2.45) is 22.6 Å². The van der Waals surface area contributed by atoms with E-state index >= 15 is 0 Å². The number of ether oxygens (including phenoxy) is 1. The van der Waals surface area contributed by atoms with Crippen molar-refractivity contribution >= 4 is 38.8 Å². The van der Waals surface area contributed by atoms with Crippen molar-refractivity contribution < 1.29 is 9.53 Å². The largest absolute Gasteiger partial charge is 0.490 e. The number of carbonyl (C=O) groups excluding carboxylic acids is 1. The Kier molecular flexibility index (Phi) is 4.43. The first-order valence-electron chi connectivity index (χ1n) is 9.78. The molecule has 144 valence electrons. The molecule has 3 N–H and O–H groups in total. The Bertz CT molecular complexity index is 812. The smallest absolute Gasteiger partial charge is 0.220 e. The lowest BCUT2D eigenvalue weighted by atomic mass is 9.67. The van der Waals surface area contributed by atoms with Crippen LogP contribution in [0, 0.1) is 11.8 Å². The van der Waals surface area contributed by atoms with E-state index in [9.17, 15) is 4.79 Å². The highest BCUT2D eigenvalue weighted by molar-refractivity contribution is 9.10. The molecule has 2 heterocycles. The monoisotopic (exact) mass is 449 g/mol. The maximum atomic E-state index is 12.3. The van der Waals surface area contributed by atoms with Crippen LogP contribution in [-0.4, -0.2) is 29.0 Å². The number of nitrogens with zero attached hydrogens (tertiary/aromatic N) is 1. The number of hydrogen-bond donors (Lipinski definition) is 2. The predicted molar refractivity (Wildman–Crippen MR) is 111 cm³/mol. The molecule has 5 nitrogen and oxygen atoms in total. The van der Waals surface area contributed by atoms with Gasteiger partial charge in [-0.2, -0.15) is 0 Å². The van der Waals surface area contributed by atoms with Crippen LogP contribution in [0.15, 0.2) is 27.7 Å². The Morgan fingerprint density at radius 1 is 1.37 bits per heavy atom. The lowest BCUT2D eigenvalue weighted by Crippen LogP contribution is -2.54. The van der Waals surface area contributed by atoms with Gasteiger partial charge in [0.25, 0.3) is 0 Å². The SMILES string of the molecule is NC1=NC2(CS1)c1cc(Br)ccc1OC1CCC(NC(=O)CC3CC3)CC12. The van der Waals surface area contributed by atoms with Gasteiger partial charge >= 0.3 is 0 Å². The Labute approximate surface area is 172 Å². The molecule has 4 atom stereocenters. The van der Waals surface area contributed by atoms with E-state index in [0.29, 0.717) is 17.5 Å². The number of fused-ring (bicyclic) bond motifs is 4. The second-order valence-electron chi connectivity index (χ2n) is 8.29. The number of thioether (sulfide) groups is 1. The van der Waals surface area contributed by atoms with Crippen LogP contribution in [0.4, 0.5) is 0 Å². The zero-order valence-electron chi connectivity index (χ0n) is 15.1. The fraction of sp³-hybridized carbons (Fsp3) is 0.600. The number of rotatable bonds is 3. The molecule has 27 heavy (non-hydrogen) atoms. The number of amides is 1. The van der Waals surface area contributed by atoms with Gasteiger partial charge in [0.05, 0.1) is 0 Å². The molecule has 2 fully saturated rings. The Hall–Kier alpha value is -1.21. The highest BCUT2D eigenvalue weighted by Crippen LogP contribution is 2.54.